The van der Waals surface area contributed by atoms with Gasteiger partial charge in [0.25, 0.3) is 0 Å². The normalized spacial score (nSPS) is 24.3. The lowest BCUT2D eigenvalue weighted by molar-refractivity contribution is -0.140. The zero-order valence-electron chi connectivity index (χ0n) is 18.2. The van der Waals surface area contributed by atoms with Gasteiger partial charge in [-0.1, -0.05) is 58.8 Å². The molecule has 1 heterocycles. The Morgan fingerprint density at radius 3 is 2.70 bits per heavy atom. The van der Waals surface area contributed by atoms with E-state index in [4.69, 9.17) is 10.5 Å². The maximum atomic E-state index is 12.2. The van der Waals surface area contributed by atoms with E-state index in [1.54, 1.807) is 0 Å². The van der Waals surface area contributed by atoms with Gasteiger partial charge in [-0.3, -0.25) is 9.69 Å². The van der Waals surface area contributed by atoms with Crippen LogP contribution in [0.2, 0.25) is 0 Å². The molecule has 1 aliphatic rings. The van der Waals surface area contributed by atoms with Crippen molar-refractivity contribution in [1.82, 2.24) is 4.90 Å². The predicted octanol–water partition coefficient (Wildman–Crippen LogP) is 5.04. The first-order chi connectivity index (χ1) is 12.9. The van der Waals surface area contributed by atoms with E-state index >= 15 is 0 Å². The molecule has 0 aliphatic carbocycles. The Labute approximate surface area is 167 Å². The highest BCUT2D eigenvalue weighted by Gasteiger charge is 2.34. The Kier molecular flexibility index (Phi) is 11.6. The number of allylic oxidation sites excluding steroid dienone is 2. The molecule has 1 saturated heterocycles. The van der Waals surface area contributed by atoms with Gasteiger partial charge in [0.05, 0.1) is 0 Å². The highest BCUT2D eigenvalue weighted by Crippen LogP contribution is 2.30. The number of ether oxygens (including phenoxy) is 1. The molecule has 0 bridgehead atoms. The van der Waals surface area contributed by atoms with E-state index in [0.29, 0.717) is 12.3 Å². The Morgan fingerprint density at radius 2 is 2.07 bits per heavy atom. The summed E-state index contributed by atoms with van der Waals surface area (Å²) in [5.41, 5.74) is 7.27. The zero-order valence-corrected chi connectivity index (χ0v) is 18.2. The zero-order chi connectivity index (χ0) is 20.2. The van der Waals surface area contributed by atoms with Crippen molar-refractivity contribution in [2.75, 3.05) is 13.2 Å². The first-order valence-corrected chi connectivity index (χ1v) is 10.9. The van der Waals surface area contributed by atoms with Crippen LogP contribution in [0.4, 0.5) is 0 Å². The SMILES string of the molecule is C/C=C/C(C(C)/C(N)=C/CC)N1CCC(C)CC1OCC(=O)CCCCC. The van der Waals surface area contributed by atoms with Gasteiger partial charge in [-0.15, -0.1) is 0 Å². The molecule has 156 valence electrons. The third-order valence-electron chi connectivity index (χ3n) is 5.60. The highest BCUT2D eigenvalue weighted by atomic mass is 16.5. The summed E-state index contributed by atoms with van der Waals surface area (Å²) in [6, 6.07) is 0.200. The fourth-order valence-corrected chi connectivity index (χ4v) is 3.83. The van der Waals surface area contributed by atoms with Crippen molar-refractivity contribution in [1.29, 1.82) is 0 Å². The average Bonchev–Trinajstić information content (AvgIpc) is 2.65. The summed E-state index contributed by atoms with van der Waals surface area (Å²) in [4.78, 5) is 14.6. The number of nitrogens with two attached hydrogens (primary N) is 1. The fraction of sp³-hybridized carbons (Fsp3) is 0.783. The second-order valence-electron chi connectivity index (χ2n) is 8.05. The van der Waals surface area contributed by atoms with Crippen LogP contribution in [0.15, 0.2) is 23.9 Å². The summed E-state index contributed by atoms with van der Waals surface area (Å²) in [5.74, 6) is 1.06. The molecule has 0 aromatic heterocycles. The molecule has 4 atom stereocenters. The number of nitrogens with zero attached hydrogens (tertiary/aromatic N) is 1. The number of Topliss-reactive ketones (excluding diaryl/α,β-unsaturated/α-hetero) is 1. The molecule has 0 aromatic rings. The summed E-state index contributed by atoms with van der Waals surface area (Å²) in [6.45, 7) is 12.0. The van der Waals surface area contributed by atoms with Crippen LogP contribution in [-0.4, -0.2) is 36.1 Å². The maximum Gasteiger partial charge on any atom is 0.158 e. The van der Waals surface area contributed by atoms with Crippen LogP contribution in [0.1, 0.15) is 79.6 Å². The summed E-state index contributed by atoms with van der Waals surface area (Å²) < 4.78 is 6.16. The van der Waals surface area contributed by atoms with Gasteiger partial charge in [-0.05, 0) is 38.5 Å². The van der Waals surface area contributed by atoms with Crippen molar-refractivity contribution in [3.8, 4) is 0 Å². The monoisotopic (exact) mass is 378 g/mol. The van der Waals surface area contributed by atoms with Crippen LogP contribution in [0.5, 0.6) is 0 Å². The number of likely N-dealkylation sites (tertiary alicyclic amines) is 1. The van der Waals surface area contributed by atoms with E-state index in [-0.39, 0.29) is 30.6 Å². The van der Waals surface area contributed by atoms with Crippen molar-refractivity contribution in [2.24, 2.45) is 17.6 Å². The summed E-state index contributed by atoms with van der Waals surface area (Å²) >= 11 is 0. The Morgan fingerprint density at radius 1 is 1.33 bits per heavy atom. The first kappa shape index (κ1) is 23.9. The van der Waals surface area contributed by atoms with E-state index in [1.165, 1.54) is 0 Å². The van der Waals surface area contributed by atoms with Crippen molar-refractivity contribution in [3.63, 3.8) is 0 Å². The molecule has 4 unspecified atom stereocenters. The van der Waals surface area contributed by atoms with Crippen molar-refractivity contribution < 1.29 is 9.53 Å². The second kappa shape index (κ2) is 13.1. The minimum Gasteiger partial charge on any atom is -0.402 e. The molecule has 0 spiro atoms. The molecule has 1 aliphatic heterocycles. The third-order valence-corrected chi connectivity index (χ3v) is 5.60. The second-order valence-corrected chi connectivity index (χ2v) is 8.05. The number of rotatable bonds is 12. The molecule has 27 heavy (non-hydrogen) atoms. The highest BCUT2D eigenvalue weighted by molar-refractivity contribution is 5.79. The topological polar surface area (TPSA) is 55.6 Å². The van der Waals surface area contributed by atoms with Gasteiger partial charge >= 0.3 is 0 Å². The number of hydrogen-bond acceptors (Lipinski definition) is 4. The van der Waals surface area contributed by atoms with Crippen LogP contribution in [0, 0.1) is 11.8 Å². The number of hydrogen-bond donors (Lipinski definition) is 1. The minimum atomic E-state index is -0.0121. The molecule has 1 fully saturated rings. The standard InChI is InChI=1S/C23H42N2O2/c1-6-9-10-13-20(26)17-27-23-16-18(4)14-15-25(23)22(12-8-3)19(5)21(24)11-7-2/h8,11-12,18-19,22-23H,6-7,9-10,13-17,24H2,1-5H3/b12-8+,21-11-. The Bertz CT molecular complexity index is 487. The van der Waals surface area contributed by atoms with Gasteiger partial charge in [0, 0.05) is 30.6 Å². The van der Waals surface area contributed by atoms with Crippen LogP contribution in [-0.2, 0) is 9.53 Å². The molecule has 2 N–H and O–H groups in total. The molecule has 4 heteroatoms. The number of carbonyl (C=O) groups excluding carboxylic acids is 1. The molecule has 0 saturated carbocycles. The van der Waals surface area contributed by atoms with Gasteiger partial charge in [-0.25, -0.2) is 0 Å². The smallest absolute Gasteiger partial charge is 0.158 e. The molecule has 4 nitrogen and oxygen atoms in total. The first-order valence-electron chi connectivity index (χ1n) is 10.9. The molecule has 0 amide bonds. The number of ketones is 1. The molecular formula is C23H42N2O2. The van der Waals surface area contributed by atoms with Gasteiger partial charge in [0.1, 0.15) is 12.8 Å². The average molecular weight is 379 g/mol. The predicted molar refractivity (Wildman–Crippen MR) is 114 cm³/mol. The van der Waals surface area contributed by atoms with Crippen molar-refractivity contribution in [3.05, 3.63) is 23.9 Å². The quantitative estimate of drug-likeness (QED) is 0.382. The van der Waals surface area contributed by atoms with E-state index in [1.807, 2.05) is 0 Å². The van der Waals surface area contributed by atoms with Gasteiger partial charge in [0.15, 0.2) is 5.78 Å². The molecular weight excluding hydrogens is 336 g/mol. The number of piperidine rings is 1. The largest absolute Gasteiger partial charge is 0.402 e. The van der Waals surface area contributed by atoms with Crippen LogP contribution < -0.4 is 5.73 Å². The lowest BCUT2D eigenvalue weighted by Crippen LogP contribution is -2.51. The lowest BCUT2D eigenvalue weighted by atomic mass is 9.90. The van der Waals surface area contributed by atoms with E-state index in [2.05, 4.69) is 57.7 Å². The third kappa shape index (κ3) is 8.18. The minimum absolute atomic E-state index is 0.0121. The summed E-state index contributed by atoms with van der Waals surface area (Å²) in [6.07, 6.45) is 13.4. The van der Waals surface area contributed by atoms with Gasteiger partial charge in [-0.2, -0.15) is 0 Å². The Hall–Kier alpha value is -1.13. The molecule has 1 rings (SSSR count). The van der Waals surface area contributed by atoms with Crippen LogP contribution in [0.3, 0.4) is 0 Å². The fourth-order valence-electron chi connectivity index (χ4n) is 3.83. The van der Waals surface area contributed by atoms with Crippen LogP contribution in [0.25, 0.3) is 0 Å². The van der Waals surface area contributed by atoms with E-state index in [9.17, 15) is 4.79 Å². The van der Waals surface area contributed by atoms with Crippen molar-refractivity contribution in [2.45, 2.75) is 91.8 Å². The van der Waals surface area contributed by atoms with Gasteiger partial charge < -0.3 is 10.5 Å². The lowest BCUT2D eigenvalue weighted by Gasteiger charge is -2.44. The number of carbonyl (C=O) groups is 1. The van der Waals surface area contributed by atoms with Crippen molar-refractivity contribution >= 4 is 5.78 Å². The Balaban J connectivity index is 2.82. The number of unbranched alkanes of at least 4 members (excludes halogenated alkanes) is 2. The van der Waals surface area contributed by atoms with Crippen LogP contribution >= 0.6 is 0 Å². The maximum absolute atomic E-state index is 12.2. The molecule has 0 aromatic carbocycles. The van der Waals surface area contributed by atoms with E-state index in [0.717, 1.165) is 50.8 Å². The van der Waals surface area contributed by atoms with E-state index < -0.39 is 0 Å². The summed E-state index contributed by atoms with van der Waals surface area (Å²) in [7, 11) is 0. The molecule has 0 radical (unpaired) electrons. The van der Waals surface area contributed by atoms with Gasteiger partial charge in [0.2, 0.25) is 0 Å². The summed E-state index contributed by atoms with van der Waals surface area (Å²) in [5, 5.41) is 0.